The number of nitrogens with zero attached hydrogens (tertiary/aromatic N) is 2. The summed E-state index contributed by atoms with van der Waals surface area (Å²) in [5, 5.41) is 8.60. The highest BCUT2D eigenvalue weighted by Crippen LogP contribution is 2.21. The Balaban J connectivity index is 2.28. The Morgan fingerprint density at radius 2 is 2.00 bits per heavy atom. The van der Waals surface area contributed by atoms with Gasteiger partial charge in [-0.25, -0.2) is 0 Å². The van der Waals surface area contributed by atoms with E-state index in [1.807, 2.05) is 36.4 Å². The lowest BCUT2D eigenvalue weighted by atomic mass is 10.1. The van der Waals surface area contributed by atoms with E-state index < -0.39 is 0 Å². The van der Waals surface area contributed by atoms with E-state index in [1.54, 1.807) is 6.21 Å². The van der Waals surface area contributed by atoms with Crippen molar-refractivity contribution >= 4 is 6.21 Å². The van der Waals surface area contributed by atoms with Crippen molar-refractivity contribution in [1.29, 1.82) is 5.26 Å². The predicted molar refractivity (Wildman–Crippen MR) is 51.5 cm³/mol. The van der Waals surface area contributed by atoms with E-state index in [2.05, 4.69) is 11.1 Å². The first-order valence-electron chi connectivity index (χ1n) is 4.10. The normalized spacial score (nSPS) is 18.8. The van der Waals surface area contributed by atoms with Crippen LogP contribution in [0.25, 0.3) is 0 Å². The number of nitriles is 1. The maximum atomic E-state index is 8.60. The molecule has 1 heterocycles. The topological polar surface area (TPSA) is 36.1 Å². The summed E-state index contributed by atoms with van der Waals surface area (Å²) in [7, 11) is 0. The van der Waals surface area contributed by atoms with Crippen LogP contribution < -0.4 is 0 Å². The Morgan fingerprint density at radius 3 is 2.54 bits per heavy atom. The summed E-state index contributed by atoms with van der Waals surface area (Å²) in [4.78, 5) is 4.24. The molecule has 0 bridgehead atoms. The van der Waals surface area contributed by atoms with Gasteiger partial charge in [-0.1, -0.05) is 18.2 Å². The van der Waals surface area contributed by atoms with E-state index in [0.29, 0.717) is 5.56 Å². The molecular formula is C11H8N2. The number of hydrogen-bond donors (Lipinski definition) is 0. The summed E-state index contributed by atoms with van der Waals surface area (Å²) < 4.78 is 0. The van der Waals surface area contributed by atoms with Crippen molar-refractivity contribution in [2.24, 2.45) is 4.99 Å². The smallest absolute Gasteiger partial charge is 0.0991 e. The summed E-state index contributed by atoms with van der Waals surface area (Å²) in [5.74, 6) is 0. The quantitative estimate of drug-likeness (QED) is 0.633. The Bertz CT molecular complexity index is 381. The molecule has 1 atom stereocenters. The summed E-state index contributed by atoms with van der Waals surface area (Å²) in [6.07, 6.45) is 5.76. The second-order valence-electron chi connectivity index (χ2n) is 2.86. The molecule has 0 amide bonds. The first-order chi connectivity index (χ1) is 6.40. The molecule has 2 rings (SSSR count). The lowest BCUT2D eigenvalue weighted by Gasteiger charge is -2.03. The van der Waals surface area contributed by atoms with Crippen molar-refractivity contribution < 1.29 is 0 Å². The second kappa shape index (κ2) is 3.24. The van der Waals surface area contributed by atoms with E-state index in [1.165, 1.54) is 0 Å². The summed E-state index contributed by atoms with van der Waals surface area (Å²) in [6, 6.07) is 9.75. The lowest BCUT2D eigenvalue weighted by Crippen LogP contribution is -1.88. The molecule has 0 saturated carbocycles. The third-order valence-corrected chi connectivity index (χ3v) is 2.01. The second-order valence-corrected chi connectivity index (χ2v) is 2.86. The van der Waals surface area contributed by atoms with Crippen molar-refractivity contribution in [3.05, 3.63) is 47.5 Å². The van der Waals surface area contributed by atoms with Crippen LogP contribution >= 0.6 is 0 Å². The van der Waals surface area contributed by atoms with Crippen LogP contribution in [0.4, 0.5) is 0 Å². The first kappa shape index (κ1) is 7.75. The zero-order valence-electron chi connectivity index (χ0n) is 7.01. The number of aliphatic imine (C=N–C) groups is 1. The average Bonchev–Trinajstić information content (AvgIpc) is 2.71. The van der Waals surface area contributed by atoms with Crippen LogP contribution in [0, 0.1) is 11.3 Å². The molecular weight excluding hydrogens is 160 g/mol. The average molecular weight is 168 g/mol. The van der Waals surface area contributed by atoms with E-state index >= 15 is 0 Å². The van der Waals surface area contributed by atoms with Gasteiger partial charge >= 0.3 is 0 Å². The zero-order chi connectivity index (χ0) is 9.10. The molecule has 2 heteroatoms. The predicted octanol–water partition coefficient (Wildman–Crippen LogP) is 2.24. The van der Waals surface area contributed by atoms with E-state index in [-0.39, 0.29) is 6.04 Å². The molecule has 1 aromatic rings. The Kier molecular flexibility index (Phi) is 1.93. The molecule has 1 unspecified atom stereocenters. The number of hydrogen-bond acceptors (Lipinski definition) is 2. The van der Waals surface area contributed by atoms with Gasteiger partial charge in [-0.2, -0.15) is 5.26 Å². The fourth-order valence-corrected chi connectivity index (χ4v) is 1.30. The summed E-state index contributed by atoms with van der Waals surface area (Å²) in [5.41, 5.74) is 1.82. The molecule has 0 saturated heterocycles. The Hall–Kier alpha value is -1.88. The maximum Gasteiger partial charge on any atom is 0.0991 e. The fraction of sp³-hybridized carbons (Fsp3) is 0.0909. The Labute approximate surface area is 76.8 Å². The highest BCUT2D eigenvalue weighted by Gasteiger charge is 2.06. The van der Waals surface area contributed by atoms with Gasteiger partial charge in [0.2, 0.25) is 0 Å². The molecule has 0 radical (unpaired) electrons. The number of benzene rings is 1. The summed E-state index contributed by atoms with van der Waals surface area (Å²) in [6.45, 7) is 0. The highest BCUT2D eigenvalue weighted by molar-refractivity contribution is 5.74. The monoisotopic (exact) mass is 168 g/mol. The third kappa shape index (κ3) is 1.50. The van der Waals surface area contributed by atoms with Crippen LogP contribution in [0.5, 0.6) is 0 Å². The molecule has 0 aliphatic carbocycles. The Morgan fingerprint density at radius 1 is 1.23 bits per heavy atom. The van der Waals surface area contributed by atoms with Gasteiger partial charge in [0.1, 0.15) is 0 Å². The van der Waals surface area contributed by atoms with E-state index in [0.717, 1.165) is 5.56 Å². The molecule has 13 heavy (non-hydrogen) atoms. The van der Waals surface area contributed by atoms with Crippen molar-refractivity contribution in [2.75, 3.05) is 0 Å². The minimum Gasteiger partial charge on any atom is -0.281 e. The third-order valence-electron chi connectivity index (χ3n) is 2.01. The SMILES string of the molecule is N#Cc1ccc(C2C=CC=N2)cc1. The molecule has 0 fully saturated rings. The molecule has 1 aliphatic heterocycles. The van der Waals surface area contributed by atoms with Gasteiger partial charge in [-0.05, 0) is 23.8 Å². The van der Waals surface area contributed by atoms with Gasteiger partial charge in [0.05, 0.1) is 17.7 Å². The largest absolute Gasteiger partial charge is 0.281 e. The first-order valence-corrected chi connectivity index (χ1v) is 4.10. The number of rotatable bonds is 1. The summed E-state index contributed by atoms with van der Waals surface area (Å²) >= 11 is 0. The molecule has 0 spiro atoms. The van der Waals surface area contributed by atoms with Crippen LogP contribution in [-0.2, 0) is 0 Å². The zero-order valence-corrected chi connectivity index (χ0v) is 7.01. The maximum absolute atomic E-state index is 8.60. The molecule has 62 valence electrons. The van der Waals surface area contributed by atoms with Crippen LogP contribution in [0.1, 0.15) is 17.2 Å². The van der Waals surface area contributed by atoms with Crippen LogP contribution in [0.2, 0.25) is 0 Å². The van der Waals surface area contributed by atoms with E-state index in [4.69, 9.17) is 5.26 Å². The lowest BCUT2D eigenvalue weighted by molar-refractivity contribution is 0.935. The minimum atomic E-state index is 0.146. The molecule has 1 aliphatic rings. The van der Waals surface area contributed by atoms with Crippen LogP contribution in [0.15, 0.2) is 41.4 Å². The van der Waals surface area contributed by atoms with Gasteiger partial charge in [-0.15, -0.1) is 0 Å². The standard InChI is InChI=1S/C11H8N2/c12-8-9-3-5-10(6-4-9)11-2-1-7-13-11/h1-7,11H. The van der Waals surface area contributed by atoms with E-state index in [9.17, 15) is 0 Å². The van der Waals surface area contributed by atoms with Crippen LogP contribution in [0.3, 0.4) is 0 Å². The van der Waals surface area contributed by atoms with Gasteiger partial charge in [0, 0.05) is 6.21 Å². The molecule has 0 aromatic heterocycles. The van der Waals surface area contributed by atoms with Crippen molar-refractivity contribution in [2.45, 2.75) is 6.04 Å². The number of allylic oxidation sites excluding steroid dienone is 1. The van der Waals surface area contributed by atoms with Crippen molar-refractivity contribution in [3.63, 3.8) is 0 Å². The molecule has 2 nitrogen and oxygen atoms in total. The highest BCUT2D eigenvalue weighted by atomic mass is 14.8. The van der Waals surface area contributed by atoms with Crippen molar-refractivity contribution in [3.8, 4) is 6.07 Å². The van der Waals surface area contributed by atoms with Crippen LogP contribution in [-0.4, -0.2) is 6.21 Å². The van der Waals surface area contributed by atoms with Gasteiger partial charge < -0.3 is 0 Å². The van der Waals surface area contributed by atoms with Gasteiger partial charge in [-0.3, -0.25) is 4.99 Å². The van der Waals surface area contributed by atoms with Gasteiger partial charge in [0.25, 0.3) is 0 Å². The van der Waals surface area contributed by atoms with Crippen molar-refractivity contribution in [1.82, 2.24) is 0 Å². The fourth-order valence-electron chi connectivity index (χ4n) is 1.30. The molecule has 0 N–H and O–H groups in total. The molecule has 1 aromatic carbocycles. The van der Waals surface area contributed by atoms with Gasteiger partial charge in [0.15, 0.2) is 0 Å². The minimum absolute atomic E-state index is 0.146.